The molecular weight excluding hydrogens is 398 g/mol. The lowest BCUT2D eigenvalue weighted by molar-refractivity contribution is -0.132. The molecule has 3 amide bonds. The largest absolute Gasteiger partial charge is 0.454 e. The zero-order valence-electron chi connectivity index (χ0n) is 18.2. The third-order valence-electron chi connectivity index (χ3n) is 6.36. The van der Waals surface area contributed by atoms with Crippen LogP contribution in [0.15, 0.2) is 18.2 Å². The summed E-state index contributed by atoms with van der Waals surface area (Å²) >= 11 is 0. The van der Waals surface area contributed by atoms with E-state index in [1.54, 1.807) is 23.1 Å². The van der Waals surface area contributed by atoms with Crippen LogP contribution in [-0.2, 0) is 14.4 Å². The summed E-state index contributed by atoms with van der Waals surface area (Å²) in [6.07, 6.45) is 5.58. The molecule has 2 heterocycles. The Morgan fingerprint density at radius 3 is 2.58 bits per heavy atom. The number of nitrogens with zero attached hydrogens (tertiary/aromatic N) is 1. The Kier molecular flexibility index (Phi) is 6.34. The van der Waals surface area contributed by atoms with Gasteiger partial charge in [0, 0.05) is 30.8 Å². The van der Waals surface area contributed by atoms with Crippen LogP contribution in [0, 0.1) is 11.8 Å². The van der Waals surface area contributed by atoms with Gasteiger partial charge in [0.15, 0.2) is 11.5 Å². The predicted octanol–water partition coefficient (Wildman–Crippen LogP) is 2.36. The van der Waals surface area contributed by atoms with Crippen molar-refractivity contribution >= 4 is 23.4 Å². The van der Waals surface area contributed by atoms with Crippen LogP contribution in [0.2, 0.25) is 0 Å². The van der Waals surface area contributed by atoms with E-state index in [1.165, 1.54) is 6.42 Å². The molecule has 0 radical (unpaired) electrons. The normalized spacial score (nSPS) is 22.0. The molecule has 2 fully saturated rings. The van der Waals surface area contributed by atoms with E-state index in [9.17, 15) is 14.4 Å². The van der Waals surface area contributed by atoms with Crippen molar-refractivity contribution in [2.45, 2.75) is 64.5 Å². The molecule has 1 saturated carbocycles. The number of rotatable bonds is 6. The third kappa shape index (κ3) is 4.78. The average molecular weight is 430 g/mol. The summed E-state index contributed by atoms with van der Waals surface area (Å²) in [5.41, 5.74) is 0.681. The highest BCUT2D eigenvalue weighted by Crippen LogP contribution is 2.37. The summed E-state index contributed by atoms with van der Waals surface area (Å²) in [5, 5.41) is 6.01. The minimum Gasteiger partial charge on any atom is -0.454 e. The number of anilines is 1. The summed E-state index contributed by atoms with van der Waals surface area (Å²) in [4.78, 5) is 40.0. The van der Waals surface area contributed by atoms with Gasteiger partial charge in [-0.05, 0) is 30.9 Å². The average Bonchev–Trinajstić information content (AvgIpc) is 3.38. The van der Waals surface area contributed by atoms with Crippen LogP contribution in [0.5, 0.6) is 11.5 Å². The van der Waals surface area contributed by atoms with Crippen molar-refractivity contribution in [3.05, 3.63) is 18.2 Å². The second-order valence-corrected chi connectivity index (χ2v) is 9.02. The van der Waals surface area contributed by atoms with E-state index in [1.807, 2.05) is 13.8 Å². The highest BCUT2D eigenvalue weighted by molar-refractivity contribution is 6.01. The number of amides is 3. The van der Waals surface area contributed by atoms with Crippen molar-refractivity contribution in [1.29, 1.82) is 0 Å². The smallest absolute Gasteiger partial charge is 0.243 e. The number of hydrogen-bond acceptors (Lipinski definition) is 5. The number of hydrogen-bond donors (Lipinski definition) is 2. The van der Waals surface area contributed by atoms with Crippen molar-refractivity contribution in [3.8, 4) is 11.5 Å². The predicted molar refractivity (Wildman–Crippen MR) is 115 cm³/mol. The Labute approximate surface area is 182 Å². The van der Waals surface area contributed by atoms with Crippen LogP contribution in [0.1, 0.15) is 52.4 Å². The van der Waals surface area contributed by atoms with E-state index in [4.69, 9.17) is 9.47 Å². The maximum atomic E-state index is 13.0. The molecule has 0 bridgehead atoms. The van der Waals surface area contributed by atoms with E-state index in [-0.39, 0.29) is 49.4 Å². The number of nitrogens with one attached hydrogen (secondary N) is 2. The molecular formula is C23H31N3O5. The molecule has 3 aliphatic rings. The van der Waals surface area contributed by atoms with Crippen molar-refractivity contribution in [2.75, 3.05) is 18.2 Å². The van der Waals surface area contributed by atoms with Crippen LogP contribution in [0.4, 0.5) is 5.69 Å². The minimum atomic E-state index is -0.607. The first-order valence-corrected chi connectivity index (χ1v) is 11.2. The quantitative estimate of drug-likeness (QED) is 0.724. The summed E-state index contributed by atoms with van der Waals surface area (Å²) in [7, 11) is 0. The van der Waals surface area contributed by atoms with E-state index in [2.05, 4.69) is 10.6 Å². The zero-order chi connectivity index (χ0) is 22.0. The lowest BCUT2D eigenvalue weighted by Crippen LogP contribution is -2.53. The SMILES string of the molecule is CC(C)[C@H](NC(=O)C1CC(=O)N(c2ccc3c(c2)OCO3)C1)C(=O)NC1CCCCC1. The van der Waals surface area contributed by atoms with Gasteiger partial charge in [-0.2, -0.15) is 0 Å². The molecule has 2 aliphatic heterocycles. The molecule has 2 N–H and O–H groups in total. The first kappa shape index (κ1) is 21.5. The Morgan fingerprint density at radius 2 is 1.84 bits per heavy atom. The van der Waals surface area contributed by atoms with Gasteiger partial charge in [0.05, 0.1) is 5.92 Å². The molecule has 4 rings (SSSR count). The second kappa shape index (κ2) is 9.16. The zero-order valence-corrected chi connectivity index (χ0v) is 18.2. The Bertz CT molecular complexity index is 850. The standard InChI is InChI=1S/C23H31N3O5/c1-14(2)21(23(29)24-16-6-4-3-5-7-16)25-22(28)15-10-20(27)26(12-15)17-8-9-18-19(11-17)31-13-30-18/h8-9,11,14-16,21H,3-7,10,12-13H2,1-2H3,(H,24,29)(H,25,28)/t15?,21-/m0/s1. The molecule has 8 heteroatoms. The van der Waals surface area contributed by atoms with E-state index >= 15 is 0 Å². The molecule has 1 saturated heterocycles. The van der Waals surface area contributed by atoms with Crippen molar-refractivity contribution < 1.29 is 23.9 Å². The lowest BCUT2D eigenvalue weighted by Gasteiger charge is -2.28. The van der Waals surface area contributed by atoms with Gasteiger partial charge in [-0.15, -0.1) is 0 Å². The number of fused-ring (bicyclic) bond motifs is 1. The van der Waals surface area contributed by atoms with E-state index < -0.39 is 12.0 Å². The fourth-order valence-electron chi connectivity index (χ4n) is 4.53. The van der Waals surface area contributed by atoms with Gasteiger partial charge in [0.1, 0.15) is 6.04 Å². The van der Waals surface area contributed by atoms with Crippen LogP contribution < -0.4 is 25.0 Å². The number of carbonyl (C=O) groups is 3. The summed E-state index contributed by atoms with van der Waals surface area (Å²) in [5.74, 6) is 0.190. The maximum absolute atomic E-state index is 13.0. The Hall–Kier alpha value is -2.77. The first-order chi connectivity index (χ1) is 14.9. The molecule has 1 unspecified atom stereocenters. The lowest BCUT2D eigenvalue weighted by atomic mass is 9.94. The third-order valence-corrected chi connectivity index (χ3v) is 6.36. The number of benzene rings is 1. The molecule has 168 valence electrons. The molecule has 8 nitrogen and oxygen atoms in total. The van der Waals surface area contributed by atoms with Gasteiger partial charge < -0.3 is 25.0 Å². The fraction of sp³-hybridized carbons (Fsp3) is 0.609. The van der Waals surface area contributed by atoms with Gasteiger partial charge in [0.25, 0.3) is 0 Å². The van der Waals surface area contributed by atoms with Gasteiger partial charge >= 0.3 is 0 Å². The fourth-order valence-corrected chi connectivity index (χ4v) is 4.53. The van der Waals surface area contributed by atoms with Crippen molar-refractivity contribution in [3.63, 3.8) is 0 Å². The van der Waals surface area contributed by atoms with Crippen LogP contribution in [-0.4, -0.2) is 43.1 Å². The monoisotopic (exact) mass is 429 g/mol. The van der Waals surface area contributed by atoms with Gasteiger partial charge in [0.2, 0.25) is 24.5 Å². The molecule has 2 atom stereocenters. The minimum absolute atomic E-state index is 0.0467. The maximum Gasteiger partial charge on any atom is 0.243 e. The molecule has 1 aromatic carbocycles. The highest BCUT2D eigenvalue weighted by atomic mass is 16.7. The first-order valence-electron chi connectivity index (χ1n) is 11.2. The number of carbonyl (C=O) groups excluding carboxylic acids is 3. The van der Waals surface area contributed by atoms with Crippen LogP contribution >= 0.6 is 0 Å². The molecule has 1 aromatic rings. The molecule has 0 spiro atoms. The number of ether oxygens (including phenoxy) is 2. The van der Waals surface area contributed by atoms with Crippen molar-refractivity contribution in [2.24, 2.45) is 11.8 Å². The van der Waals surface area contributed by atoms with Gasteiger partial charge in [-0.3, -0.25) is 14.4 Å². The molecule has 1 aliphatic carbocycles. The van der Waals surface area contributed by atoms with Gasteiger partial charge in [-0.1, -0.05) is 33.1 Å². The second-order valence-electron chi connectivity index (χ2n) is 9.02. The highest BCUT2D eigenvalue weighted by Gasteiger charge is 2.37. The molecule has 31 heavy (non-hydrogen) atoms. The van der Waals surface area contributed by atoms with Crippen LogP contribution in [0.25, 0.3) is 0 Å². The van der Waals surface area contributed by atoms with Crippen LogP contribution in [0.3, 0.4) is 0 Å². The Morgan fingerprint density at radius 1 is 1.10 bits per heavy atom. The topological polar surface area (TPSA) is 97.0 Å². The van der Waals surface area contributed by atoms with Gasteiger partial charge in [-0.25, -0.2) is 0 Å². The summed E-state index contributed by atoms with van der Waals surface area (Å²) in [6.45, 7) is 4.28. The van der Waals surface area contributed by atoms with E-state index in [0.29, 0.717) is 17.2 Å². The van der Waals surface area contributed by atoms with Crippen molar-refractivity contribution in [1.82, 2.24) is 10.6 Å². The Balaban J connectivity index is 1.37. The van der Waals surface area contributed by atoms with E-state index in [0.717, 1.165) is 25.7 Å². The summed E-state index contributed by atoms with van der Waals surface area (Å²) < 4.78 is 10.7. The molecule has 0 aromatic heterocycles. The summed E-state index contributed by atoms with van der Waals surface area (Å²) in [6, 6.07) is 4.90.